The van der Waals surface area contributed by atoms with Crippen LogP contribution in [0, 0.1) is 34.5 Å². The third kappa shape index (κ3) is 3.75. The van der Waals surface area contributed by atoms with Crippen LogP contribution in [0.3, 0.4) is 0 Å². The third-order valence-electron chi connectivity index (χ3n) is 10.5. The molecule has 176 valence electrons. The Morgan fingerprint density at radius 2 is 1.65 bits per heavy atom. The van der Waals surface area contributed by atoms with Crippen molar-refractivity contribution in [2.24, 2.45) is 34.5 Å². The van der Waals surface area contributed by atoms with Crippen LogP contribution in [0.4, 0.5) is 0 Å². The van der Waals surface area contributed by atoms with E-state index >= 15 is 0 Å². The molecule has 0 aromatic heterocycles. The molecule has 0 aliphatic heterocycles. The van der Waals surface area contributed by atoms with E-state index in [0.29, 0.717) is 24.2 Å². The molecular formula is C27H44O4. The van der Waals surface area contributed by atoms with E-state index in [2.05, 4.69) is 13.8 Å². The Morgan fingerprint density at radius 3 is 2.39 bits per heavy atom. The Hall–Kier alpha value is -0.710. The molecule has 4 nitrogen and oxygen atoms in total. The summed E-state index contributed by atoms with van der Waals surface area (Å²) < 4.78 is 0. The van der Waals surface area contributed by atoms with Gasteiger partial charge in [-0.2, -0.15) is 0 Å². The van der Waals surface area contributed by atoms with E-state index in [0.717, 1.165) is 76.2 Å². The number of ketones is 1. The predicted molar refractivity (Wildman–Crippen MR) is 122 cm³/mol. The molecule has 8 atom stereocenters. The van der Waals surface area contributed by atoms with Crippen molar-refractivity contribution < 1.29 is 20.1 Å². The maximum Gasteiger partial charge on any atom is 0.155 e. The summed E-state index contributed by atoms with van der Waals surface area (Å²) >= 11 is 0. The standard InChI is InChI=1S/C27H44O4/c1-25-13-10-18(29)17-22(25)24(30)19(9-7-5-4-6-8-16-28)23-20(25)11-14-26(2)21(23)12-15-27(26,3)31/h17,19-21,23-24,28,30-31H,4-16H2,1-3H3/t19?,20-,21+,23-,24?,25-,26+,27?/m1/s1. The quantitative estimate of drug-likeness (QED) is 0.505. The zero-order chi connectivity index (χ0) is 22.4. The summed E-state index contributed by atoms with van der Waals surface area (Å²) in [7, 11) is 0. The average Bonchev–Trinajstić information content (AvgIpc) is 2.97. The molecule has 0 amide bonds. The number of carbonyl (C=O) groups excluding carboxylic acids is 1. The molecule has 0 radical (unpaired) electrons. The Kier molecular flexibility index (Phi) is 6.48. The fourth-order valence-corrected chi connectivity index (χ4v) is 8.35. The summed E-state index contributed by atoms with van der Waals surface area (Å²) in [5.41, 5.74) is 0.242. The van der Waals surface area contributed by atoms with Crippen molar-refractivity contribution in [2.75, 3.05) is 6.61 Å². The Morgan fingerprint density at radius 1 is 0.968 bits per heavy atom. The fourth-order valence-electron chi connectivity index (χ4n) is 8.35. The molecule has 0 spiro atoms. The molecular weight excluding hydrogens is 388 g/mol. The van der Waals surface area contributed by atoms with Gasteiger partial charge in [0.25, 0.3) is 0 Å². The van der Waals surface area contributed by atoms with Gasteiger partial charge in [0.05, 0.1) is 11.7 Å². The van der Waals surface area contributed by atoms with Gasteiger partial charge in [-0.25, -0.2) is 0 Å². The first-order valence-corrected chi connectivity index (χ1v) is 12.9. The summed E-state index contributed by atoms with van der Waals surface area (Å²) in [5, 5.41) is 31.9. The number of aliphatic hydroxyl groups excluding tert-OH is 2. The van der Waals surface area contributed by atoms with Gasteiger partial charge in [0.15, 0.2) is 5.78 Å². The first-order valence-electron chi connectivity index (χ1n) is 12.9. The first kappa shape index (κ1) is 23.4. The summed E-state index contributed by atoms with van der Waals surface area (Å²) in [4.78, 5) is 12.3. The van der Waals surface area contributed by atoms with Crippen LogP contribution < -0.4 is 0 Å². The second-order valence-electron chi connectivity index (χ2n) is 11.9. The Labute approximate surface area is 188 Å². The zero-order valence-corrected chi connectivity index (χ0v) is 19.9. The molecule has 0 bridgehead atoms. The second-order valence-corrected chi connectivity index (χ2v) is 11.9. The van der Waals surface area contributed by atoms with Gasteiger partial charge in [-0.15, -0.1) is 0 Å². The van der Waals surface area contributed by atoms with Crippen LogP contribution in [0.15, 0.2) is 11.6 Å². The van der Waals surface area contributed by atoms with Gasteiger partial charge >= 0.3 is 0 Å². The number of hydrogen-bond acceptors (Lipinski definition) is 4. The molecule has 4 heteroatoms. The van der Waals surface area contributed by atoms with Crippen molar-refractivity contribution in [1.82, 2.24) is 0 Å². The highest BCUT2D eigenvalue weighted by atomic mass is 16.3. The summed E-state index contributed by atoms with van der Waals surface area (Å²) in [6, 6.07) is 0. The predicted octanol–water partition coefficient (Wildman–Crippen LogP) is 4.80. The van der Waals surface area contributed by atoms with E-state index in [1.54, 1.807) is 6.08 Å². The van der Waals surface area contributed by atoms with Crippen molar-refractivity contribution in [1.29, 1.82) is 0 Å². The minimum absolute atomic E-state index is 0.0741. The number of hydrogen-bond donors (Lipinski definition) is 3. The van der Waals surface area contributed by atoms with Gasteiger partial charge in [-0.05, 0) is 98.0 Å². The zero-order valence-electron chi connectivity index (χ0n) is 19.9. The maximum absolute atomic E-state index is 12.3. The van der Waals surface area contributed by atoms with E-state index < -0.39 is 11.7 Å². The van der Waals surface area contributed by atoms with Crippen molar-refractivity contribution in [3.63, 3.8) is 0 Å². The second kappa shape index (κ2) is 8.57. The minimum Gasteiger partial charge on any atom is -0.396 e. The SMILES string of the molecule is CC1(O)CC[C@H]2[C@@H]3C(CCCCCCCO)C(O)C4=CC(=O)CC[C@]4(C)[C@@H]3CC[C@@]21C. The molecule has 0 heterocycles. The average molecular weight is 433 g/mol. The summed E-state index contributed by atoms with van der Waals surface area (Å²) in [6.07, 6.45) is 13.1. The van der Waals surface area contributed by atoms with Crippen LogP contribution in [-0.4, -0.2) is 39.4 Å². The molecule has 3 N–H and O–H groups in total. The van der Waals surface area contributed by atoms with E-state index in [9.17, 15) is 15.0 Å². The van der Waals surface area contributed by atoms with Crippen LogP contribution in [0.2, 0.25) is 0 Å². The molecule has 3 saturated carbocycles. The highest BCUT2D eigenvalue weighted by Gasteiger charge is 2.65. The lowest BCUT2D eigenvalue weighted by Crippen LogP contribution is -2.59. The highest BCUT2D eigenvalue weighted by Crippen LogP contribution is 2.69. The lowest BCUT2D eigenvalue weighted by atomic mass is 9.43. The lowest BCUT2D eigenvalue weighted by Gasteiger charge is -2.62. The van der Waals surface area contributed by atoms with Gasteiger partial charge in [0.2, 0.25) is 0 Å². The van der Waals surface area contributed by atoms with Crippen molar-refractivity contribution in [3.8, 4) is 0 Å². The molecule has 4 aliphatic carbocycles. The highest BCUT2D eigenvalue weighted by molar-refractivity contribution is 5.91. The van der Waals surface area contributed by atoms with Crippen LogP contribution in [0.25, 0.3) is 0 Å². The lowest BCUT2D eigenvalue weighted by molar-refractivity contribution is -0.152. The Balaban J connectivity index is 1.62. The largest absolute Gasteiger partial charge is 0.396 e. The minimum atomic E-state index is -0.623. The first-order chi connectivity index (χ1) is 14.7. The van der Waals surface area contributed by atoms with Gasteiger partial charge in [-0.3, -0.25) is 4.79 Å². The van der Waals surface area contributed by atoms with Crippen LogP contribution in [-0.2, 0) is 4.79 Å². The molecule has 0 aromatic rings. The molecule has 4 rings (SSSR count). The monoisotopic (exact) mass is 432 g/mol. The normalized spacial score (nSPS) is 46.8. The van der Waals surface area contributed by atoms with E-state index in [1.165, 1.54) is 0 Å². The van der Waals surface area contributed by atoms with Gasteiger partial charge in [0.1, 0.15) is 0 Å². The molecule has 3 fully saturated rings. The van der Waals surface area contributed by atoms with Gasteiger partial charge in [0, 0.05) is 13.0 Å². The van der Waals surface area contributed by atoms with E-state index in [-0.39, 0.29) is 29.1 Å². The van der Waals surface area contributed by atoms with Crippen molar-refractivity contribution in [3.05, 3.63) is 11.6 Å². The third-order valence-corrected chi connectivity index (χ3v) is 10.5. The number of carbonyl (C=O) groups is 1. The maximum atomic E-state index is 12.3. The number of aliphatic hydroxyl groups is 3. The van der Waals surface area contributed by atoms with Crippen LogP contribution in [0.1, 0.15) is 97.8 Å². The molecule has 31 heavy (non-hydrogen) atoms. The molecule has 3 unspecified atom stereocenters. The molecule has 0 saturated heterocycles. The number of unbranched alkanes of at least 4 members (excludes halogenated alkanes) is 4. The van der Waals surface area contributed by atoms with Crippen molar-refractivity contribution >= 4 is 5.78 Å². The van der Waals surface area contributed by atoms with E-state index in [4.69, 9.17) is 5.11 Å². The topological polar surface area (TPSA) is 77.8 Å². The van der Waals surface area contributed by atoms with Crippen LogP contribution >= 0.6 is 0 Å². The summed E-state index contributed by atoms with van der Waals surface area (Å²) in [5.74, 6) is 1.74. The van der Waals surface area contributed by atoms with Gasteiger partial charge in [-0.1, -0.05) is 39.5 Å². The smallest absolute Gasteiger partial charge is 0.155 e. The fraction of sp³-hybridized carbons (Fsp3) is 0.889. The number of rotatable bonds is 7. The Bertz CT molecular complexity index is 712. The van der Waals surface area contributed by atoms with E-state index in [1.807, 2.05) is 6.92 Å². The number of fused-ring (bicyclic) bond motifs is 5. The molecule has 0 aromatic carbocycles. The van der Waals surface area contributed by atoms with Crippen LogP contribution in [0.5, 0.6) is 0 Å². The molecule has 4 aliphatic rings. The van der Waals surface area contributed by atoms with Gasteiger partial charge < -0.3 is 15.3 Å². The summed E-state index contributed by atoms with van der Waals surface area (Å²) in [6.45, 7) is 6.92. The van der Waals surface area contributed by atoms with Crippen molar-refractivity contribution in [2.45, 2.75) is 110 Å².